The predicted molar refractivity (Wildman–Crippen MR) is 51.4 cm³/mol. The summed E-state index contributed by atoms with van der Waals surface area (Å²) in [4.78, 5) is 3.65. The smallest absolute Gasteiger partial charge is 0.416 e. The Kier molecular flexibility index (Phi) is 3.58. The standard InChI is InChI=1S/C9H8F3N3O/c1-2-3-16-8-5-6(9(10,11)12)4-7(14-8)15-13/h1,4-5H,3,13H2,(H,14,15). The number of nitrogens with zero attached hydrogens (tertiary/aromatic N) is 1. The third-order valence-electron chi connectivity index (χ3n) is 1.58. The molecule has 1 aromatic heterocycles. The Morgan fingerprint density at radius 1 is 1.50 bits per heavy atom. The third-order valence-corrected chi connectivity index (χ3v) is 1.58. The summed E-state index contributed by atoms with van der Waals surface area (Å²) < 4.78 is 42.0. The molecule has 0 saturated carbocycles. The quantitative estimate of drug-likeness (QED) is 0.469. The van der Waals surface area contributed by atoms with Crippen LogP contribution in [0.3, 0.4) is 0 Å². The molecule has 3 N–H and O–H groups in total. The normalized spacial score (nSPS) is 10.7. The molecule has 0 aromatic carbocycles. The van der Waals surface area contributed by atoms with Gasteiger partial charge in [-0.2, -0.15) is 18.2 Å². The first-order valence-corrected chi connectivity index (χ1v) is 4.09. The molecule has 0 aliphatic heterocycles. The predicted octanol–water partition coefficient (Wildman–Crippen LogP) is 1.40. The molecule has 1 rings (SSSR count). The van der Waals surface area contributed by atoms with Crippen LogP contribution in [0.5, 0.6) is 5.88 Å². The number of ether oxygens (including phenoxy) is 1. The summed E-state index contributed by atoms with van der Waals surface area (Å²) in [5.74, 6) is 6.71. The van der Waals surface area contributed by atoms with E-state index in [2.05, 4.69) is 10.9 Å². The number of hydrazine groups is 1. The van der Waals surface area contributed by atoms with Gasteiger partial charge < -0.3 is 10.2 Å². The number of hydrogen-bond donors (Lipinski definition) is 2. The maximum absolute atomic E-state index is 12.4. The molecule has 0 unspecified atom stereocenters. The van der Waals surface area contributed by atoms with Crippen molar-refractivity contribution in [3.63, 3.8) is 0 Å². The van der Waals surface area contributed by atoms with Gasteiger partial charge in [-0.1, -0.05) is 5.92 Å². The second kappa shape index (κ2) is 4.72. The molecule has 0 saturated heterocycles. The molecule has 7 heteroatoms. The molecule has 0 fully saturated rings. The van der Waals surface area contributed by atoms with Gasteiger partial charge in [0.1, 0.15) is 5.82 Å². The Morgan fingerprint density at radius 3 is 2.69 bits per heavy atom. The highest BCUT2D eigenvalue weighted by Gasteiger charge is 2.31. The Labute approximate surface area is 89.6 Å². The number of hydrogen-bond acceptors (Lipinski definition) is 4. The Hall–Kier alpha value is -1.94. The van der Waals surface area contributed by atoms with Crippen molar-refractivity contribution >= 4 is 5.82 Å². The summed E-state index contributed by atoms with van der Waals surface area (Å²) in [6, 6.07) is 1.51. The van der Waals surface area contributed by atoms with E-state index in [9.17, 15) is 13.2 Å². The van der Waals surface area contributed by atoms with Crippen molar-refractivity contribution in [3.8, 4) is 18.2 Å². The van der Waals surface area contributed by atoms with Gasteiger partial charge in [0.2, 0.25) is 5.88 Å². The molecule has 0 amide bonds. The maximum Gasteiger partial charge on any atom is 0.416 e. The molecule has 86 valence electrons. The topological polar surface area (TPSA) is 60.2 Å². The lowest BCUT2D eigenvalue weighted by Crippen LogP contribution is -2.13. The minimum absolute atomic E-state index is 0.151. The average Bonchev–Trinajstić information content (AvgIpc) is 2.24. The summed E-state index contributed by atoms with van der Waals surface area (Å²) in [5, 5.41) is 0. The highest BCUT2D eigenvalue weighted by molar-refractivity contribution is 5.41. The van der Waals surface area contributed by atoms with Gasteiger partial charge in [0.25, 0.3) is 0 Å². The van der Waals surface area contributed by atoms with Gasteiger partial charge in [0.05, 0.1) is 5.56 Å². The molecular weight excluding hydrogens is 223 g/mol. The van der Waals surface area contributed by atoms with E-state index >= 15 is 0 Å². The maximum atomic E-state index is 12.4. The molecule has 0 atom stereocenters. The van der Waals surface area contributed by atoms with Crippen molar-refractivity contribution < 1.29 is 17.9 Å². The lowest BCUT2D eigenvalue weighted by atomic mass is 10.2. The Bertz CT molecular complexity index is 411. The van der Waals surface area contributed by atoms with E-state index < -0.39 is 11.7 Å². The van der Waals surface area contributed by atoms with Gasteiger partial charge in [-0.25, -0.2) is 5.84 Å². The van der Waals surface area contributed by atoms with Crippen molar-refractivity contribution in [1.29, 1.82) is 0 Å². The molecule has 1 heterocycles. The van der Waals surface area contributed by atoms with Crippen LogP contribution in [-0.4, -0.2) is 11.6 Å². The molecule has 0 spiro atoms. The molecule has 16 heavy (non-hydrogen) atoms. The van der Waals surface area contributed by atoms with Gasteiger partial charge in [-0.3, -0.25) is 0 Å². The van der Waals surface area contributed by atoms with Crippen LogP contribution in [0.25, 0.3) is 0 Å². The van der Waals surface area contributed by atoms with Crippen LogP contribution in [0, 0.1) is 12.3 Å². The van der Waals surface area contributed by atoms with Gasteiger partial charge in [0.15, 0.2) is 6.61 Å². The molecular formula is C9H8F3N3O. The van der Waals surface area contributed by atoms with Crippen molar-refractivity contribution in [2.45, 2.75) is 6.18 Å². The van der Waals surface area contributed by atoms with Crippen molar-refractivity contribution in [1.82, 2.24) is 4.98 Å². The summed E-state index contributed by atoms with van der Waals surface area (Å²) in [6.07, 6.45) is 0.408. The summed E-state index contributed by atoms with van der Waals surface area (Å²) in [7, 11) is 0. The highest BCUT2D eigenvalue weighted by atomic mass is 19.4. The molecule has 0 radical (unpaired) electrons. The van der Waals surface area contributed by atoms with Gasteiger partial charge in [-0.15, -0.1) is 6.42 Å². The molecule has 0 aliphatic rings. The van der Waals surface area contributed by atoms with Crippen molar-refractivity contribution in [2.24, 2.45) is 5.84 Å². The first-order chi connectivity index (χ1) is 7.47. The van der Waals surface area contributed by atoms with Crippen LogP contribution >= 0.6 is 0 Å². The SMILES string of the molecule is C#CCOc1cc(C(F)(F)F)cc(NN)n1. The Balaban J connectivity index is 3.07. The number of anilines is 1. The molecule has 1 aromatic rings. The van der Waals surface area contributed by atoms with E-state index in [1.54, 1.807) is 0 Å². The van der Waals surface area contributed by atoms with Crippen LogP contribution in [0.4, 0.5) is 19.0 Å². The van der Waals surface area contributed by atoms with Crippen LogP contribution in [0.15, 0.2) is 12.1 Å². The molecule has 0 aliphatic carbocycles. The zero-order valence-corrected chi connectivity index (χ0v) is 8.01. The minimum atomic E-state index is -4.50. The number of rotatable bonds is 3. The average molecular weight is 231 g/mol. The number of nitrogens with one attached hydrogen (secondary N) is 1. The van der Waals surface area contributed by atoms with Gasteiger partial charge in [-0.05, 0) is 6.07 Å². The van der Waals surface area contributed by atoms with E-state index in [1.807, 2.05) is 5.43 Å². The number of pyridine rings is 1. The Morgan fingerprint density at radius 2 is 2.19 bits per heavy atom. The van der Waals surface area contributed by atoms with E-state index in [0.29, 0.717) is 0 Å². The van der Waals surface area contributed by atoms with Crippen LogP contribution in [0.2, 0.25) is 0 Å². The zero-order valence-electron chi connectivity index (χ0n) is 8.01. The van der Waals surface area contributed by atoms with E-state index in [1.165, 1.54) is 0 Å². The summed E-state index contributed by atoms with van der Waals surface area (Å²) in [6.45, 7) is -0.168. The van der Waals surface area contributed by atoms with Crippen LogP contribution < -0.4 is 16.0 Å². The second-order valence-corrected chi connectivity index (χ2v) is 2.71. The number of aromatic nitrogens is 1. The minimum Gasteiger partial charge on any atom is -0.464 e. The van der Waals surface area contributed by atoms with Crippen LogP contribution in [-0.2, 0) is 6.18 Å². The van der Waals surface area contributed by atoms with E-state index in [4.69, 9.17) is 17.0 Å². The fraction of sp³-hybridized carbons (Fsp3) is 0.222. The largest absolute Gasteiger partial charge is 0.464 e. The van der Waals surface area contributed by atoms with Crippen LogP contribution in [0.1, 0.15) is 5.56 Å². The van der Waals surface area contributed by atoms with Gasteiger partial charge in [0, 0.05) is 6.07 Å². The molecule has 4 nitrogen and oxygen atoms in total. The first-order valence-electron chi connectivity index (χ1n) is 4.09. The monoisotopic (exact) mass is 231 g/mol. The van der Waals surface area contributed by atoms with Crippen molar-refractivity contribution in [3.05, 3.63) is 17.7 Å². The number of alkyl halides is 3. The number of nitrogens with two attached hydrogens (primary N) is 1. The lowest BCUT2D eigenvalue weighted by molar-refractivity contribution is -0.137. The highest BCUT2D eigenvalue weighted by Crippen LogP contribution is 2.32. The zero-order chi connectivity index (χ0) is 12.2. The second-order valence-electron chi connectivity index (χ2n) is 2.71. The summed E-state index contributed by atoms with van der Waals surface area (Å²) in [5.41, 5.74) is 1.10. The lowest BCUT2D eigenvalue weighted by Gasteiger charge is -2.10. The van der Waals surface area contributed by atoms with E-state index in [-0.39, 0.29) is 18.3 Å². The number of nitrogen functional groups attached to an aromatic ring is 1. The number of halogens is 3. The molecule has 0 bridgehead atoms. The first kappa shape index (κ1) is 12.1. The van der Waals surface area contributed by atoms with Gasteiger partial charge >= 0.3 is 6.18 Å². The fourth-order valence-electron chi connectivity index (χ4n) is 0.932. The number of terminal acetylenes is 1. The fourth-order valence-corrected chi connectivity index (χ4v) is 0.932. The summed E-state index contributed by atoms with van der Waals surface area (Å²) >= 11 is 0. The van der Waals surface area contributed by atoms with E-state index in [0.717, 1.165) is 12.1 Å². The van der Waals surface area contributed by atoms with Crippen molar-refractivity contribution in [2.75, 3.05) is 12.0 Å². The third kappa shape index (κ3) is 3.03.